The third-order valence-corrected chi connectivity index (χ3v) is 5.27. The number of hydrogen-bond acceptors (Lipinski definition) is 3. The first kappa shape index (κ1) is 14.5. The predicted octanol–water partition coefficient (Wildman–Crippen LogP) is 1.99. The lowest BCUT2D eigenvalue weighted by Gasteiger charge is -2.13. The quantitative estimate of drug-likeness (QED) is 0.606. The highest BCUT2D eigenvalue weighted by Gasteiger charge is 2.22. The molecule has 0 radical (unpaired) electrons. The standard InChI is InChI=1S/C12H12INO4S/c13-11-6-5-9(7-10(11)12(15)16)19(17,18)14-8-3-1-2-4-8/h1-2,5-8,14H,3-4H2,(H,15,16). The van der Waals surface area contributed by atoms with Crippen molar-refractivity contribution in [2.45, 2.75) is 23.8 Å². The van der Waals surface area contributed by atoms with Gasteiger partial charge in [0.05, 0.1) is 10.5 Å². The number of benzene rings is 1. The van der Waals surface area contributed by atoms with Crippen molar-refractivity contribution >= 4 is 38.6 Å². The molecule has 2 N–H and O–H groups in total. The minimum Gasteiger partial charge on any atom is -0.478 e. The number of carboxylic acids is 1. The second kappa shape index (κ2) is 5.59. The van der Waals surface area contributed by atoms with Gasteiger partial charge in [-0.25, -0.2) is 17.9 Å². The molecule has 0 atom stereocenters. The molecular formula is C12H12INO4S. The van der Waals surface area contributed by atoms with Crippen LogP contribution in [0.1, 0.15) is 23.2 Å². The van der Waals surface area contributed by atoms with Gasteiger partial charge < -0.3 is 5.11 Å². The van der Waals surface area contributed by atoms with E-state index in [1.165, 1.54) is 18.2 Å². The first-order valence-corrected chi connectivity index (χ1v) is 8.16. The number of nitrogens with one attached hydrogen (secondary N) is 1. The van der Waals surface area contributed by atoms with E-state index in [1.807, 2.05) is 34.7 Å². The SMILES string of the molecule is O=C(O)c1cc(S(=O)(=O)NC2CC=CC2)ccc1I. The third kappa shape index (κ3) is 3.34. The Bertz CT molecular complexity index is 631. The van der Waals surface area contributed by atoms with Gasteiger partial charge >= 0.3 is 5.97 Å². The molecule has 0 aliphatic heterocycles. The zero-order chi connectivity index (χ0) is 14.0. The van der Waals surface area contributed by atoms with Crippen molar-refractivity contribution in [2.75, 3.05) is 0 Å². The van der Waals surface area contributed by atoms with Crippen LogP contribution in [0.2, 0.25) is 0 Å². The van der Waals surface area contributed by atoms with Crippen molar-refractivity contribution in [2.24, 2.45) is 0 Å². The molecule has 5 nitrogen and oxygen atoms in total. The molecule has 7 heteroatoms. The maximum atomic E-state index is 12.1. The molecule has 1 aromatic rings. The Kier molecular flexibility index (Phi) is 4.26. The average Bonchev–Trinajstić information content (AvgIpc) is 2.80. The van der Waals surface area contributed by atoms with Gasteiger partial charge in [-0.05, 0) is 53.6 Å². The molecule has 0 unspecified atom stereocenters. The van der Waals surface area contributed by atoms with Crippen molar-refractivity contribution in [1.29, 1.82) is 0 Å². The van der Waals surface area contributed by atoms with E-state index in [2.05, 4.69) is 4.72 Å². The molecule has 0 aromatic heterocycles. The van der Waals surface area contributed by atoms with E-state index in [1.54, 1.807) is 0 Å². The van der Waals surface area contributed by atoms with E-state index in [0.29, 0.717) is 16.4 Å². The van der Waals surface area contributed by atoms with Gasteiger partial charge in [-0.1, -0.05) is 12.2 Å². The summed E-state index contributed by atoms with van der Waals surface area (Å²) in [6.07, 6.45) is 5.17. The highest BCUT2D eigenvalue weighted by molar-refractivity contribution is 14.1. The Morgan fingerprint density at radius 2 is 1.95 bits per heavy atom. The fourth-order valence-electron chi connectivity index (χ4n) is 1.84. The van der Waals surface area contributed by atoms with Crippen LogP contribution in [0.5, 0.6) is 0 Å². The summed E-state index contributed by atoms with van der Waals surface area (Å²) in [6.45, 7) is 0. The molecular weight excluding hydrogens is 381 g/mol. The normalized spacial score (nSPS) is 15.8. The van der Waals surface area contributed by atoms with Crippen molar-refractivity contribution in [3.8, 4) is 0 Å². The Labute approximate surface area is 124 Å². The van der Waals surface area contributed by atoms with Gasteiger partial charge in [0.1, 0.15) is 0 Å². The number of hydrogen-bond donors (Lipinski definition) is 2. The van der Waals surface area contributed by atoms with Gasteiger partial charge in [0.2, 0.25) is 10.0 Å². The van der Waals surface area contributed by atoms with Crippen LogP contribution in [0.25, 0.3) is 0 Å². The first-order valence-electron chi connectivity index (χ1n) is 5.60. The maximum absolute atomic E-state index is 12.1. The molecule has 0 heterocycles. The van der Waals surface area contributed by atoms with E-state index < -0.39 is 16.0 Å². The molecule has 102 valence electrons. The second-order valence-corrected chi connectivity index (χ2v) is 7.08. The molecule has 1 aromatic carbocycles. The average molecular weight is 393 g/mol. The Morgan fingerprint density at radius 3 is 2.53 bits per heavy atom. The number of rotatable bonds is 4. The highest BCUT2D eigenvalue weighted by atomic mass is 127. The summed E-state index contributed by atoms with van der Waals surface area (Å²) in [5, 5.41) is 9.01. The van der Waals surface area contributed by atoms with Gasteiger partial charge in [0.25, 0.3) is 0 Å². The number of aromatic carboxylic acids is 1. The van der Waals surface area contributed by atoms with Crippen LogP contribution < -0.4 is 4.72 Å². The van der Waals surface area contributed by atoms with E-state index in [-0.39, 0.29) is 16.5 Å². The Morgan fingerprint density at radius 1 is 1.32 bits per heavy atom. The molecule has 0 spiro atoms. The van der Waals surface area contributed by atoms with Gasteiger partial charge in [-0.2, -0.15) is 0 Å². The second-order valence-electron chi connectivity index (χ2n) is 4.21. The molecule has 0 fully saturated rings. The minimum absolute atomic E-state index is 0.00646. The maximum Gasteiger partial charge on any atom is 0.336 e. The number of halogens is 1. The monoisotopic (exact) mass is 393 g/mol. The number of carboxylic acid groups (broad SMARTS) is 1. The van der Waals surface area contributed by atoms with Gasteiger partial charge in [-0.15, -0.1) is 0 Å². The molecule has 19 heavy (non-hydrogen) atoms. The van der Waals surface area contributed by atoms with Crippen LogP contribution in [0.4, 0.5) is 0 Å². The van der Waals surface area contributed by atoms with Crippen LogP contribution in [0, 0.1) is 3.57 Å². The van der Waals surface area contributed by atoms with Crippen molar-refractivity contribution < 1.29 is 18.3 Å². The van der Waals surface area contributed by atoms with Crippen LogP contribution in [-0.2, 0) is 10.0 Å². The van der Waals surface area contributed by atoms with Crippen molar-refractivity contribution in [1.82, 2.24) is 4.72 Å². The molecule has 0 saturated heterocycles. The van der Waals surface area contributed by atoms with Crippen LogP contribution in [0.3, 0.4) is 0 Å². The van der Waals surface area contributed by atoms with E-state index >= 15 is 0 Å². The van der Waals surface area contributed by atoms with Crippen LogP contribution in [0.15, 0.2) is 35.2 Å². The largest absolute Gasteiger partial charge is 0.478 e. The van der Waals surface area contributed by atoms with Crippen molar-refractivity contribution in [3.05, 3.63) is 39.5 Å². The number of carbonyl (C=O) groups is 1. The van der Waals surface area contributed by atoms with Gasteiger partial charge in [-0.3, -0.25) is 0 Å². The Balaban J connectivity index is 2.29. The first-order chi connectivity index (χ1) is 8.90. The lowest BCUT2D eigenvalue weighted by molar-refractivity contribution is 0.0695. The van der Waals surface area contributed by atoms with E-state index in [0.717, 1.165) is 0 Å². The summed E-state index contributed by atoms with van der Waals surface area (Å²) in [5.74, 6) is -1.14. The topological polar surface area (TPSA) is 83.5 Å². The van der Waals surface area contributed by atoms with Crippen molar-refractivity contribution in [3.63, 3.8) is 0 Å². The molecule has 1 aliphatic rings. The summed E-state index contributed by atoms with van der Waals surface area (Å²) in [4.78, 5) is 11.0. The van der Waals surface area contributed by atoms with Crippen LogP contribution in [-0.4, -0.2) is 25.5 Å². The number of sulfonamides is 1. The highest BCUT2D eigenvalue weighted by Crippen LogP contribution is 2.20. The molecule has 0 amide bonds. The Hall–Kier alpha value is -0.930. The summed E-state index contributed by atoms with van der Waals surface area (Å²) in [5.41, 5.74) is -0.00646. The molecule has 2 rings (SSSR count). The van der Waals surface area contributed by atoms with E-state index in [4.69, 9.17) is 5.11 Å². The minimum atomic E-state index is -3.67. The predicted molar refractivity (Wildman–Crippen MR) is 78.6 cm³/mol. The smallest absolute Gasteiger partial charge is 0.336 e. The molecule has 1 aliphatic carbocycles. The summed E-state index contributed by atoms with van der Waals surface area (Å²) in [6, 6.07) is 3.96. The fourth-order valence-corrected chi connectivity index (χ4v) is 3.69. The zero-order valence-corrected chi connectivity index (χ0v) is 12.8. The summed E-state index contributed by atoms with van der Waals surface area (Å²) < 4.78 is 27.4. The van der Waals surface area contributed by atoms with Crippen LogP contribution >= 0.6 is 22.6 Å². The lowest BCUT2D eigenvalue weighted by atomic mass is 10.2. The lowest BCUT2D eigenvalue weighted by Crippen LogP contribution is -2.33. The fraction of sp³-hybridized carbons (Fsp3) is 0.250. The molecule has 0 bridgehead atoms. The third-order valence-electron chi connectivity index (χ3n) is 2.81. The summed E-state index contributed by atoms with van der Waals surface area (Å²) in [7, 11) is -3.67. The summed E-state index contributed by atoms with van der Waals surface area (Å²) >= 11 is 1.86. The zero-order valence-electron chi connectivity index (χ0n) is 9.84. The van der Waals surface area contributed by atoms with Gasteiger partial charge in [0.15, 0.2) is 0 Å². The van der Waals surface area contributed by atoms with Gasteiger partial charge in [0, 0.05) is 9.61 Å². The van der Waals surface area contributed by atoms with E-state index in [9.17, 15) is 13.2 Å². The molecule has 0 saturated carbocycles.